The topological polar surface area (TPSA) is 15.3 Å². The van der Waals surface area contributed by atoms with Crippen molar-refractivity contribution in [1.29, 1.82) is 0 Å². The number of likely N-dealkylation sites (N-methyl/N-ethyl adjacent to an activating group) is 1. The van der Waals surface area contributed by atoms with Crippen LogP contribution in [0.5, 0.6) is 0 Å². The Morgan fingerprint density at radius 1 is 1.19 bits per heavy atom. The van der Waals surface area contributed by atoms with Crippen LogP contribution in [0, 0.1) is 0 Å². The molecule has 2 atom stereocenters. The third-order valence-electron chi connectivity index (χ3n) is 5.64. The Balaban J connectivity index is 1.69. The van der Waals surface area contributed by atoms with E-state index in [-0.39, 0.29) is 0 Å². The first-order chi connectivity index (χ1) is 10.1. The van der Waals surface area contributed by atoms with Gasteiger partial charge in [-0.1, -0.05) is 44.5 Å². The summed E-state index contributed by atoms with van der Waals surface area (Å²) in [5.41, 5.74) is 3.41. The summed E-state index contributed by atoms with van der Waals surface area (Å²) >= 11 is 0. The van der Waals surface area contributed by atoms with Crippen molar-refractivity contribution in [3.8, 4) is 0 Å². The van der Waals surface area contributed by atoms with Crippen LogP contribution < -0.4 is 5.32 Å². The highest BCUT2D eigenvalue weighted by atomic mass is 15.2. The highest BCUT2D eigenvalue weighted by Crippen LogP contribution is 2.41. The predicted octanol–water partition coefficient (Wildman–Crippen LogP) is 3.87. The van der Waals surface area contributed by atoms with Crippen LogP contribution in [-0.2, 0) is 5.41 Å². The third kappa shape index (κ3) is 3.17. The van der Waals surface area contributed by atoms with Gasteiger partial charge in [0.2, 0.25) is 0 Å². The van der Waals surface area contributed by atoms with Crippen LogP contribution in [-0.4, -0.2) is 31.1 Å². The SMILES string of the molecule is CN1CCCCC1CNC1CCC(C)(C)c2ccccc21. The number of hydrogen-bond donors (Lipinski definition) is 1. The number of fused-ring (bicyclic) bond motifs is 1. The maximum Gasteiger partial charge on any atom is 0.0324 e. The monoisotopic (exact) mass is 286 g/mol. The van der Waals surface area contributed by atoms with Crippen LogP contribution in [0.1, 0.15) is 63.1 Å². The molecule has 1 saturated heterocycles. The van der Waals surface area contributed by atoms with Crippen molar-refractivity contribution in [2.75, 3.05) is 20.1 Å². The molecule has 2 nitrogen and oxygen atoms in total. The molecule has 0 bridgehead atoms. The highest BCUT2D eigenvalue weighted by Gasteiger charge is 2.32. The maximum atomic E-state index is 3.87. The van der Waals surface area contributed by atoms with E-state index in [1.165, 1.54) is 44.2 Å². The zero-order chi connectivity index (χ0) is 14.9. The van der Waals surface area contributed by atoms with Gasteiger partial charge in [0.25, 0.3) is 0 Å². The van der Waals surface area contributed by atoms with Crippen molar-refractivity contribution in [3.05, 3.63) is 35.4 Å². The molecular formula is C19H30N2. The molecule has 2 heteroatoms. The number of piperidine rings is 1. The number of nitrogens with one attached hydrogen (secondary N) is 1. The summed E-state index contributed by atoms with van der Waals surface area (Å²) in [4.78, 5) is 2.54. The van der Waals surface area contributed by atoms with Crippen LogP contribution in [0.2, 0.25) is 0 Å². The lowest BCUT2D eigenvalue weighted by Crippen LogP contribution is -2.44. The highest BCUT2D eigenvalue weighted by molar-refractivity contribution is 5.38. The second-order valence-corrected chi connectivity index (χ2v) is 7.60. The minimum atomic E-state index is 0.330. The predicted molar refractivity (Wildman–Crippen MR) is 89.7 cm³/mol. The van der Waals surface area contributed by atoms with Gasteiger partial charge in [-0.15, -0.1) is 0 Å². The first-order valence-corrected chi connectivity index (χ1v) is 8.61. The van der Waals surface area contributed by atoms with E-state index < -0.39 is 0 Å². The molecule has 1 heterocycles. The molecular weight excluding hydrogens is 256 g/mol. The summed E-state index contributed by atoms with van der Waals surface area (Å²) < 4.78 is 0. The molecule has 1 aromatic carbocycles. The molecule has 1 aromatic rings. The minimum Gasteiger partial charge on any atom is -0.308 e. The fraction of sp³-hybridized carbons (Fsp3) is 0.684. The van der Waals surface area contributed by atoms with E-state index in [0.29, 0.717) is 11.5 Å². The van der Waals surface area contributed by atoms with Crippen LogP contribution in [0.15, 0.2) is 24.3 Å². The molecule has 1 aliphatic carbocycles. The van der Waals surface area contributed by atoms with Crippen molar-refractivity contribution in [2.24, 2.45) is 0 Å². The summed E-state index contributed by atoms with van der Waals surface area (Å²) in [5, 5.41) is 3.87. The van der Waals surface area contributed by atoms with E-state index in [0.717, 1.165) is 12.6 Å². The molecule has 3 rings (SSSR count). The minimum absolute atomic E-state index is 0.330. The van der Waals surface area contributed by atoms with Crippen molar-refractivity contribution in [3.63, 3.8) is 0 Å². The normalized spacial score (nSPS) is 29.1. The van der Waals surface area contributed by atoms with Crippen molar-refractivity contribution < 1.29 is 0 Å². The summed E-state index contributed by atoms with van der Waals surface area (Å²) in [5.74, 6) is 0. The van der Waals surface area contributed by atoms with Gasteiger partial charge >= 0.3 is 0 Å². The van der Waals surface area contributed by atoms with Gasteiger partial charge in [0, 0.05) is 18.6 Å². The lowest BCUT2D eigenvalue weighted by molar-refractivity contribution is 0.175. The van der Waals surface area contributed by atoms with Gasteiger partial charge in [0.05, 0.1) is 0 Å². The molecule has 0 spiro atoms. The molecule has 1 aliphatic heterocycles. The number of likely N-dealkylation sites (tertiary alicyclic amines) is 1. The average molecular weight is 286 g/mol. The van der Waals surface area contributed by atoms with Gasteiger partial charge in [0.15, 0.2) is 0 Å². The van der Waals surface area contributed by atoms with E-state index in [9.17, 15) is 0 Å². The Bertz CT molecular complexity index is 480. The zero-order valence-electron chi connectivity index (χ0n) is 13.9. The van der Waals surface area contributed by atoms with Crippen LogP contribution in [0.4, 0.5) is 0 Å². The Hall–Kier alpha value is -0.860. The first-order valence-electron chi connectivity index (χ1n) is 8.61. The van der Waals surface area contributed by atoms with Gasteiger partial charge in [-0.3, -0.25) is 0 Å². The van der Waals surface area contributed by atoms with E-state index in [2.05, 4.69) is 55.4 Å². The Morgan fingerprint density at radius 3 is 2.81 bits per heavy atom. The fourth-order valence-corrected chi connectivity index (χ4v) is 4.10. The van der Waals surface area contributed by atoms with E-state index in [4.69, 9.17) is 0 Å². The van der Waals surface area contributed by atoms with Crippen molar-refractivity contribution in [2.45, 2.75) is 63.5 Å². The second-order valence-electron chi connectivity index (χ2n) is 7.60. The third-order valence-corrected chi connectivity index (χ3v) is 5.64. The van der Waals surface area contributed by atoms with E-state index >= 15 is 0 Å². The Kier molecular flexibility index (Phi) is 4.37. The fourth-order valence-electron chi connectivity index (χ4n) is 4.10. The molecule has 0 aromatic heterocycles. The zero-order valence-corrected chi connectivity index (χ0v) is 13.9. The van der Waals surface area contributed by atoms with Crippen molar-refractivity contribution in [1.82, 2.24) is 10.2 Å². The molecule has 1 N–H and O–H groups in total. The summed E-state index contributed by atoms with van der Waals surface area (Å²) in [6.07, 6.45) is 6.66. The van der Waals surface area contributed by atoms with Gasteiger partial charge in [-0.05, 0) is 55.8 Å². The largest absolute Gasteiger partial charge is 0.308 e. The molecule has 2 aliphatic rings. The summed E-state index contributed by atoms with van der Waals surface area (Å²) in [6.45, 7) is 7.17. The van der Waals surface area contributed by atoms with Crippen LogP contribution in [0.25, 0.3) is 0 Å². The summed E-state index contributed by atoms with van der Waals surface area (Å²) in [7, 11) is 2.28. The lowest BCUT2D eigenvalue weighted by atomic mass is 9.71. The summed E-state index contributed by atoms with van der Waals surface area (Å²) in [6, 6.07) is 10.3. The molecule has 0 radical (unpaired) electrons. The van der Waals surface area contributed by atoms with Gasteiger partial charge in [-0.2, -0.15) is 0 Å². The maximum absolute atomic E-state index is 3.87. The number of nitrogens with zero attached hydrogens (tertiary/aromatic N) is 1. The standard InChI is InChI=1S/C19H30N2/c1-19(2)12-11-18(16-9-4-5-10-17(16)19)20-14-15-8-6-7-13-21(15)3/h4-5,9-10,15,18,20H,6-8,11-14H2,1-3H3. The Labute approximate surface area is 129 Å². The van der Waals surface area contributed by atoms with Crippen LogP contribution >= 0.6 is 0 Å². The lowest BCUT2D eigenvalue weighted by Gasteiger charge is -2.39. The second kappa shape index (κ2) is 6.10. The van der Waals surface area contributed by atoms with Gasteiger partial charge in [0.1, 0.15) is 0 Å². The van der Waals surface area contributed by atoms with Crippen LogP contribution in [0.3, 0.4) is 0 Å². The molecule has 116 valence electrons. The Morgan fingerprint density at radius 2 is 2.00 bits per heavy atom. The number of benzene rings is 1. The van der Waals surface area contributed by atoms with E-state index in [1.54, 1.807) is 5.56 Å². The van der Waals surface area contributed by atoms with Gasteiger partial charge < -0.3 is 10.2 Å². The smallest absolute Gasteiger partial charge is 0.0324 e. The van der Waals surface area contributed by atoms with E-state index in [1.807, 2.05) is 0 Å². The quantitative estimate of drug-likeness (QED) is 0.907. The average Bonchev–Trinajstić information content (AvgIpc) is 2.48. The molecule has 0 amide bonds. The number of hydrogen-bond acceptors (Lipinski definition) is 2. The van der Waals surface area contributed by atoms with Crippen molar-refractivity contribution >= 4 is 0 Å². The molecule has 2 unspecified atom stereocenters. The van der Waals surface area contributed by atoms with Gasteiger partial charge in [-0.25, -0.2) is 0 Å². The molecule has 0 saturated carbocycles. The number of rotatable bonds is 3. The molecule has 21 heavy (non-hydrogen) atoms. The molecule has 1 fully saturated rings. The first kappa shape index (κ1) is 15.1.